The fraction of sp³-hybridized carbons (Fsp3) is 0.105. The first-order valence-electron chi connectivity index (χ1n) is 7.73. The van der Waals surface area contributed by atoms with E-state index in [1.807, 2.05) is 30.3 Å². The van der Waals surface area contributed by atoms with Crippen LogP contribution in [0, 0.1) is 0 Å². The Morgan fingerprint density at radius 3 is 2.40 bits per heavy atom. The number of nitrogens with zero attached hydrogens (tertiary/aromatic N) is 2. The number of hydrogen-bond acceptors (Lipinski definition) is 4. The monoisotopic (exact) mass is 398 g/mol. The van der Waals surface area contributed by atoms with Crippen molar-refractivity contribution in [3.63, 3.8) is 0 Å². The number of ketones is 1. The Morgan fingerprint density at radius 2 is 1.76 bits per heavy atom. The molecule has 126 valence electrons. The summed E-state index contributed by atoms with van der Waals surface area (Å²) in [7, 11) is 0. The van der Waals surface area contributed by atoms with Crippen molar-refractivity contribution in [2.24, 2.45) is 0 Å². The zero-order valence-electron chi connectivity index (χ0n) is 13.5. The van der Waals surface area contributed by atoms with Gasteiger partial charge in [-0.05, 0) is 31.2 Å². The topological polar surface area (TPSA) is 61.2 Å². The van der Waals surface area contributed by atoms with Gasteiger partial charge in [0.1, 0.15) is 5.69 Å². The van der Waals surface area contributed by atoms with E-state index in [9.17, 15) is 9.59 Å². The van der Waals surface area contributed by atoms with Crippen molar-refractivity contribution in [2.75, 3.05) is 6.61 Å². The minimum Gasteiger partial charge on any atom is -0.461 e. The predicted octanol–water partition coefficient (Wildman–Crippen LogP) is 4.04. The number of benzene rings is 2. The maximum Gasteiger partial charge on any atom is 0.358 e. The van der Waals surface area contributed by atoms with Gasteiger partial charge in [0, 0.05) is 16.1 Å². The summed E-state index contributed by atoms with van der Waals surface area (Å²) < 4.78 is 7.38. The molecule has 1 heterocycles. The van der Waals surface area contributed by atoms with Crippen LogP contribution in [0.4, 0.5) is 0 Å². The van der Waals surface area contributed by atoms with Gasteiger partial charge >= 0.3 is 5.97 Å². The fourth-order valence-electron chi connectivity index (χ4n) is 2.36. The van der Waals surface area contributed by atoms with Gasteiger partial charge in [-0.3, -0.25) is 4.79 Å². The fourth-order valence-corrected chi connectivity index (χ4v) is 2.63. The summed E-state index contributed by atoms with van der Waals surface area (Å²) in [5, 5.41) is 4.28. The van der Waals surface area contributed by atoms with Crippen LogP contribution in [0.3, 0.4) is 0 Å². The maximum absolute atomic E-state index is 12.9. The Balaban J connectivity index is 2.10. The van der Waals surface area contributed by atoms with E-state index in [1.165, 1.54) is 10.7 Å². The normalized spacial score (nSPS) is 10.5. The first-order chi connectivity index (χ1) is 12.1. The van der Waals surface area contributed by atoms with Gasteiger partial charge in [0.15, 0.2) is 5.69 Å². The SMILES string of the molecule is CCOC(=O)c1cc(C(=O)c2ccccc2)n(-c2ccc(Br)cc2)n1. The minimum absolute atomic E-state index is 0.101. The first kappa shape index (κ1) is 17.1. The number of ether oxygens (including phenoxy) is 1. The number of carbonyl (C=O) groups excluding carboxylic acids is 2. The van der Waals surface area contributed by atoms with E-state index in [-0.39, 0.29) is 18.1 Å². The van der Waals surface area contributed by atoms with Crippen molar-refractivity contribution < 1.29 is 14.3 Å². The van der Waals surface area contributed by atoms with Crippen molar-refractivity contribution in [1.29, 1.82) is 0 Å². The number of esters is 1. The van der Waals surface area contributed by atoms with Gasteiger partial charge in [-0.1, -0.05) is 46.3 Å². The molecule has 1 aromatic heterocycles. The van der Waals surface area contributed by atoms with Crippen molar-refractivity contribution in [3.05, 3.63) is 82.1 Å². The summed E-state index contributed by atoms with van der Waals surface area (Å²) >= 11 is 3.38. The lowest BCUT2D eigenvalue weighted by Gasteiger charge is -2.07. The molecule has 0 aliphatic rings. The van der Waals surface area contributed by atoms with Gasteiger partial charge < -0.3 is 4.74 Å². The van der Waals surface area contributed by atoms with Crippen LogP contribution in [-0.4, -0.2) is 28.1 Å². The summed E-state index contributed by atoms with van der Waals surface area (Å²) in [4.78, 5) is 24.9. The highest BCUT2D eigenvalue weighted by atomic mass is 79.9. The molecule has 0 fully saturated rings. The second kappa shape index (κ2) is 7.44. The highest BCUT2D eigenvalue weighted by molar-refractivity contribution is 9.10. The average molecular weight is 399 g/mol. The Labute approximate surface area is 153 Å². The lowest BCUT2D eigenvalue weighted by molar-refractivity contribution is 0.0519. The van der Waals surface area contributed by atoms with Gasteiger partial charge in [0.2, 0.25) is 5.78 Å². The molecule has 0 aliphatic carbocycles. The second-order valence-corrected chi connectivity index (χ2v) is 6.13. The van der Waals surface area contributed by atoms with Gasteiger partial charge in [-0.2, -0.15) is 5.10 Å². The number of halogens is 1. The van der Waals surface area contributed by atoms with Gasteiger partial charge in [-0.15, -0.1) is 0 Å². The van der Waals surface area contributed by atoms with E-state index in [4.69, 9.17) is 4.74 Å². The Bertz CT molecular complexity index is 902. The first-order valence-corrected chi connectivity index (χ1v) is 8.52. The number of carbonyl (C=O) groups is 2. The van der Waals surface area contributed by atoms with Crippen molar-refractivity contribution >= 4 is 27.7 Å². The molecule has 0 amide bonds. The van der Waals surface area contributed by atoms with Crippen LogP contribution in [0.2, 0.25) is 0 Å². The standard InChI is InChI=1S/C19H15BrN2O3/c1-2-25-19(24)16-12-17(18(23)13-6-4-3-5-7-13)22(21-16)15-10-8-14(20)9-11-15/h3-12H,2H2,1H3. The molecular weight excluding hydrogens is 384 g/mol. The van der Waals surface area contributed by atoms with Crippen molar-refractivity contribution in [3.8, 4) is 5.69 Å². The largest absolute Gasteiger partial charge is 0.461 e. The zero-order chi connectivity index (χ0) is 17.8. The molecule has 0 saturated carbocycles. The third-order valence-electron chi connectivity index (χ3n) is 3.53. The maximum atomic E-state index is 12.9. The van der Waals surface area contributed by atoms with E-state index in [2.05, 4.69) is 21.0 Å². The molecule has 2 aromatic carbocycles. The molecule has 0 bridgehead atoms. The number of aromatic nitrogens is 2. The van der Waals surface area contributed by atoms with E-state index in [0.29, 0.717) is 16.9 Å². The van der Waals surface area contributed by atoms with Crippen molar-refractivity contribution in [2.45, 2.75) is 6.92 Å². The number of hydrogen-bond donors (Lipinski definition) is 0. The summed E-state index contributed by atoms with van der Waals surface area (Å²) in [6.07, 6.45) is 0. The molecule has 3 aromatic rings. The summed E-state index contributed by atoms with van der Waals surface area (Å²) in [6, 6.07) is 17.7. The summed E-state index contributed by atoms with van der Waals surface area (Å²) in [5.41, 5.74) is 1.61. The van der Waals surface area contributed by atoms with Gasteiger partial charge in [0.05, 0.1) is 12.3 Å². The molecule has 0 radical (unpaired) electrons. The smallest absolute Gasteiger partial charge is 0.358 e. The molecule has 3 rings (SSSR count). The molecule has 0 spiro atoms. The van der Waals surface area contributed by atoms with E-state index in [1.54, 1.807) is 31.2 Å². The van der Waals surface area contributed by atoms with Crippen LogP contribution in [0.5, 0.6) is 0 Å². The Kier molecular flexibility index (Phi) is 5.09. The van der Waals surface area contributed by atoms with Gasteiger partial charge in [0.25, 0.3) is 0 Å². The van der Waals surface area contributed by atoms with Crippen molar-refractivity contribution in [1.82, 2.24) is 9.78 Å². The average Bonchev–Trinajstić information content (AvgIpc) is 3.08. The van der Waals surface area contributed by atoms with Crippen LogP contribution in [0.1, 0.15) is 33.5 Å². The third-order valence-corrected chi connectivity index (χ3v) is 4.06. The van der Waals surface area contributed by atoms with E-state index >= 15 is 0 Å². The van der Waals surface area contributed by atoms with Crippen LogP contribution in [-0.2, 0) is 4.74 Å². The zero-order valence-corrected chi connectivity index (χ0v) is 15.1. The Morgan fingerprint density at radius 1 is 1.08 bits per heavy atom. The molecule has 0 N–H and O–H groups in total. The second-order valence-electron chi connectivity index (χ2n) is 5.22. The molecule has 0 saturated heterocycles. The van der Waals surface area contributed by atoms with Crippen LogP contribution >= 0.6 is 15.9 Å². The highest BCUT2D eigenvalue weighted by Gasteiger charge is 2.21. The summed E-state index contributed by atoms with van der Waals surface area (Å²) in [6.45, 7) is 1.96. The molecule has 0 unspecified atom stereocenters. The van der Waals surface area contributed by atoms with Gasteiger partial charge in [-0.25, -0.2) is 9.48 Å². The molecule has 6 heteroatoms. The van der Waals surface area contributed by atoms with Crippen LogP contribution < -0.4 is 0 Å². The van der Waals surface area contributed by atoms with Crippen LogP contribution in [0.15, 0.2) is 65.1 Å². The molecule has 5 nitrogen and oxygen atoms in total. The number of rotatable bonds is 5. The molecular formula is C19H15BrN2O3. The quantitative estimate of drug-likeness (QED) is 0.480. The predicted molar refractivity (Wildman–Crippen MR) is 97.1 cm³/mol. The lowest BCUT2D eigenvalue weighted by Crippen LogP contribution is -2.10. The molecule has 25 heavy (non-hydrogen) atoms. The van der Waals surface area contributed by atoms with E-state index < -0.39 is 5.97 Å². The minimum atomic E-state index is -0.555. The molecule has 0 atom stereocenters. The van der Waals surface area contributed by atoms with Crippen LogP contribution in [0.25, 0.3) is 5.69 Å². The Hall–Kier alpha value is -2.73. The highest BCUT2D eigenvalue weighted by Crippen LogP contribution is 2.19. The lowest BCUT2D eigenvalue weighted by atomic mass is 10.1. The third kappa shape index (κ3) is 3.69. The summed E-state index contributed by atoms with van der Waals surface area (Å²) in [5.74, 6) is -0.771. The molecule has 0 aliphatic heterocycles. The van der Waals surface area contributed by atoms with E-state index in [0.717, 1.165) is 4.47 Å².